The summed E-state index contributed by atoms with van der Waals surface area (Å²) >= 11 is 0. The first-order chi connectivity index (χ1) is 8.61. The number of fused-ring (bicyclic) bond motifs is 1. The molecule has 1 heterocycles. The van der Waals surface area contributed by atoms with E-state index in [0.29, 0.717) is 0 Å². The zero-order valence-electron chi connectivity index (χ0n) is 10.4. The summed E-state index contributed by atoms with van der Waals surface area (Å²) in [6.45, 7) is 0.285. The second-order valence-corrected chi connectivity index (χ2v) is 4.98. The van der Waals surface area contributed by atoms with Crippen LogP contribution in [0.5, 0.6) is 0 Å². The first-order valence-corrected chi connectivity index (χ1v) is 6.14. The molecule has 1 spiro atoms. The molecular formula is C13H17N3O2. The molecule has 1 fully saturated rings. The van der Waals surface area contributed by atoms with Crippen molar-refractivity contribution in [3.8, 4) is 0 Å². The number of amides is 2. The van der Waals surface area contributed by atoms with Gasteiger partial charge in [-0.15, -0.1) is 0 Å². The van der Waals surface area contributed by atoms with E-state index >= 15 is 0 Å². The van der Waals surface area contributed by atoms with Gasteiger partial charge >= 0.3 is 6.03 Å². The van der Waals surface area contributed by atoms with Crippen LogP contribution in [0, 0.1) is 0 Å². The number of aryl methyl sites for hydroxylation is 1. The lowest BCUT2D eigenvalue weighted by molar-refractivity contribution is -0.158. The second kappa shape index (κ2) is 3.88. The Morgan fingerprint density at radius 1 is 1.44 bits per heavy atom. The molecule has 1 aromatic carbocycles. The number of rotatable bonds is 0. The van der Waals surface area contributed by atoms with E-state index in [1.165, 1.54) is 11.1 Å². The SMILES string of the molecule is CN1C(=O)NCOC12CCc1cc(N)ccc1C2. The number of hydrogen-bond acceptors (Lipinski definition) is 3. The average Bonchev–Trinajstić information content (AvgIpc) is 2.36. The molecule has 1 aliphatic carbocycles. The van der Waals surface area contributed by atoms with Gasteiger partial charge in [-0.25, -0.2) is 4.79 Å². The molecule has 1 saturated heterocycles. The van der Waals surface area contributed by atoms with E-state index in [-0.39, 0.29) is 12.8 Å². The summed E-state index contributed by atoms with van der Waals surface area (Å²) in [7, 11) is 1.79. The van der Waals surface area contributed by atoms with E-state index in [9.17, 15) is 4.79 Å². The number of ether oxygens (including phenoxy) is 1. The number of carbonyl (C=O) groups is 1. The van der Waals surface area contributed by atoms with Gasteiger partial charge in [0.2, 0.25) is 0 Å². The Hall–Kier alpha value is -1.75. The minimum Gasteiger partial charge on any atom is -0.399 e. The Bertz CT molecular complexity index is 503. The Kier molecular flexibility index (Phi) is 2.45. The van der Waals surface area contributed by atoms with Gasteiger partial charge in [-0.05, 0) is 36.1 Å². The highest BCUT2D eigenvalue weighted by atomic mass is 16.5. The average molecular weight is 247 g/mol. The summed E-state index contributed by atoms with van der Waals surface area (Å²) in [5.41, 5.74) is 8.58. The summed E-state index contributed by atoms with van der Waals surface area (Å²) in [6.07, 6.45) is 2.43. The van der Waals surface area contributed by atoms with Gasteiger partial charge in [0.1, 0.15) is 6.73 Å². The molecule has 0 saturated carbocycles. The highest BCUT2D eigenvalue weighted by molar-refractivity contribution is 5.75. The van der Waals surface area contributed by atoms with Crippen LogP contribution in [0.1, 0.15) is 17.5 Å². The van der Waals surface area contributed by atoms with Crippen molar-refractivity contribution in [3.05, 3.63) is 29.3 Å². The van der Waals surface area contributed by atoms with E-state index in [1.807, 2.05) is 18.2 Å². The second-order valence-electron chi connectivity index (χ2n) is 4.98. The summed E-state index contributed by atoms with van der Waals surface area (Å²) in [5.74, 6) is 0. The van der Waals surface area contributed by atoms with Crippen LogP contribution in [0.25, 0.3) is 0 Å². The lowest BCUT2D eigenvalue weighted by Gasteiger charge is -2.47. The highest BCUT2D eigenvalue weighted by Gasteiger charge is 2.43. The van der Waals surface area contributed by atoms with Crippen LogP contribution >= 0.6 is 0 Å². The van der Waals surface area contributed by atoms with Crippen LogP contribution in [0.3, 0.4) is 0 Å². The quantitative estimate of drug-likeness (QED) is 0.674. The van der Waals surface area contributed by atoms with Crippen molar-refractivity contribution < 1.29 is 9.53 Å². The Balaban J connectivity index is 1.94. The van der Waals surface area contributed by atoms with E-state index in [0.717, 1.165) is 24.9 Å². The lowest BCUT2D eigenvalue weighted by atomic mass is 9.84. The van der Waals surface area contributed by atoms with E-state index < -0.39 is 5.72 Å². The maximum absolute atomic E-state index is 11.7. The largest absolute Gasteiger partial charge is 0.399 e. The van der Waals surface area contributed by atoms with Gasteiger partial charge in [0.25, 0.3) is 0 Å². The number of urea groups is 1. The van der Waals surface area contributed by atoms with Crippen LogP contribution in [-0.2, 0) is 17.6 Å². The molecular weight excluding hydrogens is 230 g/mol. The number of carbonyl (C=O) groups excluding carboxylic acids is 1. The predicted octanol–water partition coefficient (Wildman–Crippen LogP) is 1.08. The standard InChI is InChI=1S/C13H17N3O2/c1-16-12(17)15-8-18-13(16)5-4-9-6-11(14)3-2-10(9)7-13/h2-3,6H,4-5,7-8,14H2,1H3,(H,15,17). The van der Waals surface area contributed by atoms with Crippen molar-refractivity contribution in [1.29, 1.82) is 0 Å². The third-order valence-corrected chi connectivity index (χ3v) is 3.96. The minimum absolute atomic E-state index is 0.0693. The van der Waals surface area contributed by atoms with E-state index in [1.54, 1.807) is 11.9 Å². The fraction of sp³-hybridized carbons (Fsp3) is 0.462. The molecule has 18 heavy (non-hydrogen) atoms. The molecule has 1 aromatic rings. The number of nitrogen functional groups attached to an aromatic ring is 1. The van der Waals surface area contributed by atoms with Gasteiger partial charge in [0.15, 0.2) is 5.72 Å². The van der Waals surface area contributed by atoms with Crippen molar-refractivity contribution in [2.45, 2.75) is 25.0 Å². The number of nitrogens with two attached hydrogens (primary N) is 1. The topological polar surface area (TPSA) is 67.6 Å². The number of nitrogens with one attached hydrogen (secondary N) is 1. The first kappa shape index (κ1) is 11.3. The molecule has 0 bridgehead atoms. The zero-order valence-corrected chi connectivity index (χ0v) is 10.4. The summed E-state index contributed by atoms with van der Waals surface area (Å²) < 4.78 is 5.84. The minimum atomic E-state index is -0.495. The van der Waals surface area contributed by atoms with Gasteiger partial charge in [-0.1, -0.05) is 6.07 Å². The fourth-order valence-electron chi connectivity index (χ4n) is 2.81. The molecule has 1 atom stereocenters. The first-order valence-electron chi connectivity index (χ1n) is 6.14. The van der Waals surface area contributed by atoms with Crippen molar-refractivity contribution in [3.63, 3.8) is 0 Å². The molecule has 1 aliphatic heterocycles. The fourth-order valence-corrected chi connectivity index (χ4v) is 2.81. The third kappa shape index (κ3) is 1.62. The molecule has 1 unspecified atom stereocenters. The van der Waals surface area contributed by atoms with Gasteiger partial charge in [-0.2, -0.15) is 0 Å². The number of benzene rings is 1. The lowest BCUT2D eigenvalue weighted by Crippen LogP contribution is -2.62. The Morgan fingerprint density at radius 2 is 2.28 bits per heavy atom. The summed E-state index contributed by atoms with van der Waals surface area (Å²) in [4.78, 5) is 13.4. The molecule has 0 radical (unpaired) electrons. The smallest absolute Gasteiger partial charge is 0.321 e. The van der Waals surface area contributed by atoms with Gasteiger partial charge in [-0.3, -0.25) is 4.90 Å². The number of hydrogen-bond donors (Lipinski definition) is 2. The third-order valence-electron chi connectivity index (χ3n) is 3.96. The molecule has 96 valence electrons. The number of likely N-dealkylation sites (N-methyl/N-ethyl adjacent to an activating group) is 1. The number of anilines is 1. The monoisotopic (exact) mass is 247 g/mol. The zero-order chi connectivity index (χ0) is 12.8. The van der Waals surface area contributed by atoms with Crippen molar-refractivity contribution in [2.24, 2.45) is 0 Å². The van der Waals surface area contributed by atoms with Crippen molar-refractivity contribution >= 4 is 11.7 Å². The van der Waals surface area contributed by atoms with Crippen molar-refractivity contribution in [2.75, 3.05) is 19.5 Å². The van der Waals surface area contributed by atoms with Crippen LogP contribution in [-0.4, -0.2) is 30.4 Å². The molecule has 5 nitrogen and oxygen atoms in total. The Labute approximate surface area is 106 Å². The molecule has 3 rings (SSSR count). The van der Waals surface area contributed by atoms with Gasteiger partial charge < -0.3 is 15.8 Å². The molecule has 5 heteroatoms. The van der Waals surface area contributed by atoms with E-state index in [4.69, 9.17) is 10.5 Å². The molecule has 3 N–H and O–H groups in total. The predicted molar refractivity (Wildman–Crippen MR) is 67.9 cm³/mol. The maximum Gasteiger partial charge on any atom is 0.321 e. The van der Waals surface area contributed by atoms with Crippen LogP contribution < -0.4 is 11.1 Å². The number of nitrogens with zero attached hydrogens (tertiary/aromatic N) is 1. The van der Waals surface area contributed by atoms with Crippen LogP contribution in [0.15, 0.2) is 18.2 Å². The molecule has 0 aromatic heterocycles. The maximum atomic E-state index is 11.7. The molecule has 2 amide bonds. The van der Waals surface area contributed by atoms with Crippen LogP contribution in [0.2, 0.25) is 0 Å². The Morgan fingerprint density at radius 3 is 3.11 bits per heavy atom. The van der Waals surface area contributed by atoms with Gasteiger partial charge in [0, 0.05) is 19.2 Å². The molecule has 2 aliphatic rings. The summed E-state index contributed by atoms with van der Waals surface area (Å²) in [6, 6.07) is 5.89. The van der Waals surface area contributed by atoms with Crippen molar-refractivity contribution in [1.82, 2.24) is 10.2 Å². The van der Waals surface area contributed by atoms with Gasteiger partial charge in [0.05, 0.1) is 0 Å². The van der Waals surface area contributed by atoms with Crippen LogP contribution in [0.4, 0.5) is 10.5 Å². The normalized spacial score (nSPS) is 26.9. The summed E-state index contributed by atoms with van der Waals surface area (Å²) in [5, 5.41) is 2.68. The van der Waals surface area contributed by atoms with E-state index in [2.05, 4.69) is 5.32 Å². The highest BCUT2D eigenvalue weighted by Crippen LogP contribution is 2.35.